The molecule has 4 aromatic carbocycles. The molecular weight excluding hydrogens is 653 g/mol. The average molecular weight is 715 g/mol. The summed E-state index contributed by atoms with van der Waals surface area (Å²) in [4.78, 5) is 2.30. The van der Waals surface area contributed by atoms with E-state index < -0.39 is 0 Å². The van der Waals surface area contributed by atoms with Gasteiger partial charge in [-0.05, 0) is 154 Å². The van der Waals surface area contributed by atoms with Gasteiger partial charge in [0.05, 0.1) is 5.69 Å². The van der Waals surface area contributed by atoms with Crippen molar-refractivity contribution >= 4 is 23.5 Å². The summed E-state index contributed by atoms with van der Waals surface area (Å²) in [6.07, 6.45) is 18.2. The molecule has 2 aliphatic rings. The van der Waals surface area contributed by atoms with Crippen LogP contribution in [0.2, 0.25) is 0 Å². The molecule has 0 N–H and O–H groups in total. The smallest absolute Gasteiger partial charge is 0.0642 e. The largest absolute Gasteiger partial charge is 0.322 e. The molecule has 1 aromatic heterocycles. The molecule has 0 radical (unpaired) electrons. The first-order valence-electron chi connectivity index (χ1n) is 19.9. The topological polar surface area (TPSA) is 8.17 Å². The van der Waals surface area contributed by atoms with E-state index in [1.54, 1.807) is 0 Å². The van der Waals surface area contributed by atoms with Crippen molar-refractivity contribution in [2.24, 2.45) is 0 Å². The molecule has 0 aliphatic heterocycles. The maximum atomic E-state index is 4.66. The summed E-state index contributed by atoms with van der Waals surface area (Å²) < 4.78 is 2.18. The predicted octanol–water partition coefficient (Wildman–Crippen LogP) is 15.5. The Morgan fingerprint density at radius 1 is 0.630 bits per heavy atom. The van der Waals surface area contributed by atoms with Gasteiger partial charge in [-0.3, -0.25) is 0 Å². The summed E-state index contributed by atoms with van der Waals surface area (Å²) in [5, 5.41) is 0. The van der Waals surface area contributed by atoms with Crippen molar-refractivity contribution < 1.29 is 0 Å². The van der Waals surface area contributed by atoms with Crippen LogP contribution in [0.1, 0.15) is 103 Å². The van der Waals surface area contributed by atoms with Crippen molar-refractivity contribution in [1.29, 1.82) is 0 Å². The lowest BCUT2D eigenvalue weighted by molar-refractivity contribution is 0.939. The molecule has 0 bridgehead atoms. The Balaban J connectivity index is 0.000000519. The number of allylic oxidation sites excluding steroid dienone is 6. The summed E-state index contributed by atoms with van der Waals surface area (Å²) in [6, 6.07) is 34.5. The molecule has 0 amide bonds. The van der Waals surface area contributed by atoms with Crippen molar-refractivity contribution in [2.75, 3.05) is 4.90 Å². The fourth-order valence-corrected chi connectivity index (χ4v) is 6.92. The molecule has 7 rings (SSSR count). The Kier molecular flexibility index (Phi) is 15.5. The summed E-state index contributed by atoms with van der Waals surface area (Å²) in [7, 11) is 0. The fourth-order valence-electron chi connectivity index (χ4n) is 6.92. The Hall–Kier alpha value is -5.34. The van der Waals surface area contributed by atoms with Gasteiger partial charge in [0.25, 0.3) is 0 Å². The second-order valence-corrected chi connectivity index (χ2v) is 13.7. The van der Waals surface area contributed by atoms with Crippen molar-refractivity contribution in [1.82, 2.24) is 4.57 Å². The van der Waals surface area contributed by atoms with E-state index in [-0.39, 0.29) is 0 Å². The molecule has 280 valence electrons. The van der Waals surface area contributed by atoms with E-state index in [0.717, 1.165) is 48.4 Å². The second kappa shape index (κ2) is 20.2. The molecule has 0 spiro atoms. The van der Waals surface area contributed by atoms with E-state index in [0.29, 0.717) is 0 Å². The standard InChI is InChI=1S/C41H42N2.C7H8.2C2H6/c1-28(2)29(3)30(4)31(5)32(6)43(37-24-25-42(27-37)35-15-8-7-9-16-35)36-22-20-33(21-23-36)41-26-34-14-10-11-17-38(34)39-18-12-13-19-40(39)41;1-7-5-3-2-4-6-7;2*1-2/h7-9,11,13,15-17,19-27H,6,10,12,14,18H2,1-5H3;2-6H,1H3;2*1-2H3/b31-30-;;;. The minimum atomic E-state index is 0.984. The van der Waals surface area contributed by atoms with Crippen LogP contribution >= 0.6 is 0 Å². The minimum absolute atomic E-state index is 0.984. The van der Waals surface area contributed by atoms with Gasteiger partial charge in [-0.15, -0.1) is 0 Å². The SMILES string of the molecule is C=C(/C(C)=C(/C)C(C)=C(C)C)N(c1ccc(-c2cc3c(c4c2C=CCC4)C=CCC3)cc1)c1ccn(-c2ccccc2)c1.CC.CC.Cc1ccccc1. The van der Waals surface area contributed by atoms with Crippen molar-refractivity contribution in [2.45, 2.75) is 94.9 Å². The first-order valence-corrected chi connectivity index (χ1v) is 19.9. The number of rotatable bonds is 7. The Labute approximate surface area is 327 Å². The zero-order valence-corrected chi connectivity index (χ0v) is 34.6. The van der Waals surface area contributed by atoms with Gasteiger partial charge in [-0.25, -0.2) is 0 Å². The van der Waals surface area contributed by atoms with Crippen LogP contribution < -0.4 is 4.90 Å². The highest BCUT2D eigenvalue weighted by molar-refractivity contribution is 5.84. The minimum Gasteiger partial charge on any atom is -0.322 e. The maximum absolute atomic E-state index is 4.66. The van der Waals surface area contributed by atoms with Crippen LogP contribution in [0.4, 0.5) is 11.4 Å². The maximum Gasteiger partial charge on any atom is 0.0642 e. The molecular formula is C52H62N2. The van der Waals surface area contributed by atoms with Crippen molar-refractivity contribution in [3.63, 3.8) is 0 Å². The van der Waals surface area contributed by atoms with E-state index in [9.17, 15) is 0 Å². The molecule has 54 heavy (non-hydrogen) atoms. The van der Waals surface area contributed by atoms with Crippen LogP contribution in [0.15, 0.2) is 156 Å². The van der Waals surface area contributed by atoms with Crippen LogP contribution in [-0.2, 0) is 12.8 Å². The number of para-hydroxylation sites is 1. The van der Waals surface area contributed by atoms with Crippen LogP contribution in [0.5, 0.6) is 0 Å². The molecule has 2 aliphatic carbocycles. The van der Waals surface area contributed by atoms with E-state index in [2.05, 4.69) is 173 Å². The third-order valence-corrected chi connectivity index (χ3v) is 10.3. The quantitative estimate of drug-likeness (QED) is 0.152. The van der Waals surface area contributed by atoms with E-state index in [1.807, 2.05) is 45.9 Å². The van der Waals surface area contributed by atoms with Crippen molar-refractivity contribution in [3.05, 3.63) is 184 Å². The van der Waals surface area contributed by atoms with Gasteiger partial charge in [0, 0.05) is 29.5 Å². The highest BCUT2D eigenvalue weighted by Gasteiger charge is 2.21. The normalized spacial score (nSPS) is 12.6. The zero-order valence-electron chi connectivity index (χ0n) is 34.6. The Morgan fingerprint density at radius 2 is 1.22 bits per heavy atom. The monoisotopic (exact) mass is 714 g/mol. The number of aromatic nitrogens is 1. The molecule has 0 saturated heterocycles. The van der Waals surface area contributed by atoms with E-state index in [4.69, 9.17) is 0 Å². The number of anilines is 2. The van der Waals surface area contributed by atoms with E-state index in [1.165, 1.54) is 61.2 Å². The van der Waals surface area contributed by atoms with Gasteiger partial charge in [0.2, 0.25) is 0 Å². The predicted molar refractivity (Wildman–Crippen MR) is 240 cm³/mol. The summed E-state index contributed by atoms with van der Waals surface area (Å²) >= 11 is 0. The molecule has 2 heteroatoms. The molecule has 0 fully saturated rings. The Bertz CT molecular complexity index is 2090. The molecule has 0 saturated carbocycles. The van der Waals surface area contributed by atoms with Gasteiger partial charge >= 0.3 is 0 Å². The lowest BCUT2D eigenvalue weighted by Gasteiger charge is -2.28. The van der Waals surface area contributed by atoms with Crippen LogP contribution in [0.3, 0.4) is 0 Å². The fraction of sp³-hybridized carbons (Fsp3) is 0.269. The first kappa shape index (κ1) is 41.4. The number of fused-ring (bicyclic) bond motifs is 3. The van der Waals surface area contributed by atoms with Crippen LogP contribution in [0, 0.1) is 6.92 Å². The number of aryl methyl sites for hydroxylation is 2. The van der Waals surface area contributed by atoms with Gasteiger partial charge in [0.15, 0.2) is 0 Å². The summed E-state index contributed by atoms with van der Waals surface area (Å²) in [5.74, 6) is 0. The van der Waals surface area contributed by atoms with Gasteiger partial charge in [-0.1, -0.05) is 130 Å². The van der Waals surface area contributed by atoms with Crippen molar-refractivity contribution in [3.8, 4) is 16.8 Å². The lowest BCUT2D eigenvalue weighted by Crippen LogP contribution is -2.17. The van der Waals surface area contributed by atoms with Gasteiger partial charge in [-0.2, -0.15) is 0 Å². The number of hydrogen-bond acceptors (Lipinski definition) is 1. The van der Waals surface area contributed by atoms with Gasteiger partial charge in [0.1, 0.15) is 0 Å². The molecule has 5 aromatic rings. The zero-order chi connectivity index (χ0) is 39.2. The summed E-state index contributed by atoms with van der Waals surface area (Å²) in [6.45, 7) is 25.7. The van der Waals surface area contributed by atoms with Crippen LogP contribution in [0.25, 0.3) is 29.0 Å². The van der Waals surface area contributed by atoms with Crippen LogP contribution in [-0.4, -0.2) is 4.57 Å². The lowest BCUT2D eigenvalue weighted by atomic mass is 9.81. The average Bonchev–Trinajstić information content (AvgIpc) is 3.72. The number of hydrogen-bond donors (Lipinski definition) is 0. The molecule has 2 nitrogen and oxygen atoms in total. The third-order valence-electron chi connectivity index (χ3n) is 10.3. The Morgan fingerprint density at radius 3 is 1.81 bits per heavy atom. The molecule has 0 atom stereocenters. The molecule has 0 unspecified atom stereocenters. The summed E-state index contributed by atoms with van der Waals surface area (Å²) in [5.41, 5.74) is 19.2. The number of benzene rings is 4. The van der Waals surface area contributed by atoms with E-state index >= 15 is 0 Å². The first-order chi connectivity index (χ1) is 26.2. The third kappa shape index (κ3) is 9.79. The molecule has 1 heterocycles. The second-order valence-electron chi connectivity index (χ2n) is 13.7. The highest BCUT2D eigenvalue weighted by atomic mass is 15.2. The number of nitrogens with zero attached hydrogens (tertiary/aromatic N) is 2. The highest BCUT2D eigenvalue weighted by Crippen LogP contribution is 2.40. The van der Waals surface area contributed by atoms with Gasteiger partial charge < -0.3 is 9.47 Å².